The molecule has 0 aliphatic rings. The lowest BCUT2D eigenvalue weighted by Crippen LogP contribution is -2.48. The lowest BCUT2D eigenvalue weighted by atomic mass is 10.1. The van der Waals surface area contributed by atoms with Crippen LogP contribution in [-0.2, 0) is 21.2 Å². The van der Waals surface area contributed by atoms with Gasteiger partial charge in [0.25, 0.3) is 0 Å². The molecule has 0 aliphatic carbocycles. The van der Waals surface area contributed by atoms with Gasteiger partial charge in [-0.1, -0.05) is 48.0 Å². The van der Waals surface area contributed by atoms with Crippen LogP contribution in [0.2, 0.25) is 0 Å². The highest BCUT2D eigenvalue weighted by Gasteiger charge is 2.28. The maximum Gasteiger partial charge on any atom is 0.241 e. The maximum absolute atomic E-state index is 13.1. The summed E-state index contributed by atoms with van der Waals surface area (Å²) >= 11 is 0. The Labute approximate surface area is 167 Å². The second-order valence-corrected chi connectivity index (χ2v) is 8.61. The van der Waals surface area contributed by atoms with E-state index < -0.39 is 22.0 Å². The third kappa shape index (κ3) is 5.89. The predicted octanol–water partition coefficient (Wildman–Crippen LogP) is 2.00. The van der Waals surface area contributed by atoms with Crippen molar-refractivity contribution in [3.05, 3.63) is 64.7 Å². The molecule has 0 aromatic heterocycles. The van der Waals surface area contributed by atoms with Crippen LogP contribution < -0.4 is 10.0 Å². The third-order valence-corrected chi connectivity index (χ3v) is 6.18. The molecule has 6 nitrogen and oxygen atoms in total. The first-order valence-electron chi connectivity index (χ1n) is 9.27. The number of amides is 1. The Bertz CT molecular complexity index is 888. The molecule has 0 heterocycles. The summed E-state index contributed by atoms with van der Waals surface area (Å²) in [5.74, 6) is -0.414. The number of sulfonamides is 1. The molecule has 0 aliphatic heterocycles. The largest absolute Gasteiger partial charge is 0.396 e. The number of hydrogen-bond donors (Lipinski definition) is 3. The van der Waals surface area contributed by atoms with Gasteiger partial charge in [-0.2, -0.15) is 4.72 Å². The van der Waals surface area contributed by atoms with Crippen molar-refractivity contribution in [2.75, 3.05) is 13.2 Å². The normalized spacial score (nSPS) is 12.6. The van der Waals surface area contributed by atoms with Crippen LogP contribution in [0.25, 0.3) is 0 Å². The second-order valence-electron chi connectivity index (χ2n) is 6.96. The van der Waals surface area contributed by atoms with Gasteiger partial charge in [0.2, 0.25) is 15.9 Å². The first-order chi connectivity index (χ1) is 13.2. The van der Waals surface area contributed by atoms with Crippen molar-refractivity contribution in [2.24, 2.45) is 0 Å². The molecule has 0 saturated heterocycles. The van der Waals surface area contributed by atoms with E-state index >= 15 is 0 Å². The fraction of sp³-hybridized carbons (Fsp3) is 0.381. The van der Waals surface area contributed by atoms with Gasteiger partial charge in [0.05, 0.1) is 4.90 Å². The lowest BCUT2D eigenvalue weighted by Gasteiger charge is -2.20. The zero-order valence-corrected chi connectivity index (χ0v) is 17.3. The molecule has 152 valence electrons. The van der Waals surface area contributed by atoms with Crippen LogP contribution in [0.3, 0.4) is 0 Å². The summed E-state index contributed by atoms with van der Waals surface area (Å²) < 4.78 is 28.8. The number of carbonyl (C=O) groups is 1. The zero-order chi connectivity index (χ0) is 20.7. The van der Waals surface area contributed by atoms with Crippen LogP contribution in [0, 0.1) is 20.8 Å². The van der Waals surface area contributed by atoms with Gasteiger partial charge in [-0.15, -0.1) is 0 Å². The van der Waals surface area contributed by atoms with E-state index in [2.05, 4.69) is 10.0 Å². The number of rotatable bonds is 9. The van der Waals surface area contributed by atoms with Crippen molar-refractivity contribution >= 4 is 15.9 Å². The molecule has 1 amide bonds. The van der Waals surface area contributed by atoms with E-state index in [1.165, 1.54) is 0 Å². The minimum absolute atomic E-state index is 0.0445. The minimum atomic E-state index is -3.89. The first-order valence-corrected chi connectivity index (χ1v) is 10.8. The fourth-order valence-corrected chi connectivity index (χ4v) is 4.94. The Balaban J connectivity index is 2.31. The maximum atomic E-state index is 13.1. The molecule has 1 atom stereocenters. The van der Waals surface area contributed by atoms with Crippen LogP contribution in [0.4, 0.5) is 0 Å². The number of carbonyl (C=O) groups excluding carboxylic acids is 1. The molecule has 2 aromatic rings. The molecule has 2 rings (SSSR count). The van der Waals surface area contributed by atoms with Crippen LogP contribution in [-0.4, -0.2) is 38.6 Å². The van der Waals surface area contributed by atoms with Gasteiger partial charge in [-0.25, -0.2) is 8.42 Å². The van der Waals surface area contributed by atoms with Crippen LogP contribution >= 0.6 is 0 Å². The van der Waals surface area contributed by atoms with E-state index in [1.807, 2.05) is 49.4 Å². The molecule has 28 heavy (non-hydrogen) atoms. The lowest BCUT2D eigenvalue weighted by molar-refractivity contribution is -0.122. The van der Waals surface area contributed by atoms with Crippen molar-refractivity contribution in [1.82, 2.24) is 10.0 Å². The van der Waals surface area contributed by atoms with Crippen molar-refractivity contribution in [1.29, 1.82) is 0 Å². The Morgan fingerprint density at radius 3 is 2.25 bits per heavy atom. The van der Waals surface area contributed by atoms with Gasteiger partial charge in [0, 0.05) is 13.2 Å². The van der Waals surface area contributed by atoms with E-state index in [1.54, 1.807) is 13.8 Å². The van der Waals surface area contributed by atoms with Crippen molar-refractivity contribution in [3.8, 4) is 0 Å². The van der Waals surface area contributed by atoms with Crippen molar-refractivity contribution in [3.63, 3.8) is 0 Å². The molecule has 0 saturated carbocycles. The highest BCUT2D eigenvalue weighted by molar-refractivity contribution is 7.89. The van der Waals surface area contributed by atoms with Gasteiger partial charge in [0.1, 0.15) is 6.04 Å². The Hall–Kier alpha value is -2.22. The Morgan fingerprint density at radius 2 is 1.68 bits per heavy atom. The molecule has 3 N–H and O–H groups in total. The van der Waals surface area contributed by atoms with E-state index in [4.69, 9.17) is 5.11 Å². The van der Waals surface area contributed by atoms with Crippen molar-refractivity contribution in [2.45, 2.75) is 44.6 Å². The van der Waals surface area contributed by atoms with Crippen molar-refractivity contribution < 1.29 is 18.3 Å². The van der Waals surface area contributed by atoms with Gasteiger partial charge in [-0.3, -0.25) is 4.79 Å². The van der Waals surface area contributed by atoms with Gasteiger partial charge >= 0.3 is 0 Å². The predicted molar refractivity (Wildman–Crippen MR) is 110 cm³/mol. The summed E-state index contributed by atoms with van der Waals surface area (Å²) in [6.45, 7) is 5.66. The number of aliphatic hydroxyl groups excluding tert-OH is 1. The monoisotopic (exact) mass is 404 g/mol. The highest BCUT2D eigenvalue weighted by atomic mass is 32.2. The SMILES string of the molecule is Cc1cc(C)c(S(=O)(=O)N[C@@H](Cc2ccccc2)C(=O)NCCCO)c(C)c1. The summed E-state index contributed by atoms with van der Waals surface area (Å²) in [6.07, 6.45) is 0.641. The number of benzene rings is 2. The molecule has 0 radical (unpaired) electrons. The molecule has 0 bridgehead atoms. The average Bonchev–Trinajstić information content (AvgIpc) is 2.60. The molecule has 2 aromatic carbocycles. The molecule has 0 unspecified atom stereocenters. The topological polar surface area (TPSA) is 95.5 Å². The summed E-state index contributed by atoms with van der Waals surface area (Å²) in [6, 6.07) is 11.9. The number of hydrogen-bond acceptors (Lipinski definition) is 4. The van der Waals surface area contributed by atoms with E-state index in [9.17, 15) is 13.2 Å². The minimum Gasteiger partial charge on any atom is -0.396 e. The van der Waals surface area contributed by atoms with Crippen LogP contribution in [0.5, 0.6) is 0 Å². The quantitative estimate of drug-likeness (QED) is 0.557. The third-order valence-electron chi connectivity index (χ3n) is 4.40. The first kappa shape index (κ1) is 22.1. The van der Waals surface area contributed by atoms with E-state index in [-0.39, 0.29) is 24.5 Å². The van der Waals surface area contributed by atoms with Crippen LogP contribution in [0.15, 0.2) is 47.4 Å². The number of aliphatic hydroxyl groups is 1. The molecule has 0 fully saturated rings. The Kier molecular flexibility index (Phi) is 7.74. The van der Waals surface area contributed by atoms with E-state index in [0.717, 1.165) is 11.1 Å². The smallest absolute Gasteiger partial charge is 0.241 e. The van der Waals surface area contributed by atoms with Gasteiger partial charge in [0.15, 0.2) is 0 Å². The Morgan fingerprint density at radius 1 is 1.07 bits per heavy atom. The summed E-state index contributed by atoms with van der Waals surface area (Å²) in [5.41, 5.74) is 3.12. The van der Waals surface area contributed by atoms with E-state index in [0.29, 0.717) is 17.5 Å². The molecular formula is C21H28N2O4S. The molecule has 0 spiro atoms. The molecule has 7 heteroatoms. The zero-order valence-electron chi connectivity index (χ0n) is 16.5. The summed E-state index contributed by atoms with van der Waals surface area (Å²) in [7, 11) is -3.89. The average molecular weight is 405 g/mol. The van der Waals surface area contributed by atoms with Crippen LogP contribution in [0.1, 0.15) is 28.7 Å². The summed E-state index contributed by atoms with van der Waals surface area (Å²) in [4.78, 5) is 12.8. The second kappa shape index (κ2) is 9.82. The number of aryl methyl sites for hydroxylation is 3. The van der Waals surface area contributed by atoms with Gasteiger partial charge in [-0.05, 0) is 50.3 Å². The number of nitrogens with one attached hydrogen (secondary N) is 2. The fourth-order valence-electron chi connectivity index (χ4n) is 3.29. The molecular weight excluding hydrogens is 376 g/mol. The highest BCUT2D eigenvalue weighted by Crippen LogP contribution is 2.22. The standard InChI is InChI=1S/C21H28N2O4S/c1-15-12-16(2)20(17(3)13-15)28(26,27)23-19(21(25)22-10-7-11-24)14-18-8-5-4-6-9-18/h4-6,8-9,12-13,19,23-24H,7,10-11,14H2,1-3H3,(H,22,25)/t19-/m0/s1. The summed E-state index contributed by atoms with van der Waals surface area (Å²) in [5, 5.41) is 11.6. The van der Waals surface area contributed by atoms with Gasteiger partial charge < -0.3 is 10.4 Å².